The number of rotatable bonds is 10. The Kier molecular flexibility index (Phi) is 10.4. The number of nitrogens with two attached hydrogens (primary N) is 1. The van der Waals surface area contributed by atoms with Gasteiger partial charge in [0.15, 0.2) is 0 Å². The standard InChI is InChI=1S/C21H23NO3Si.C10H12/c1-2-21(22)26(23-18-12-6-3-7-13-18,24-19-14-8-4-9-15-19)25-20-16-10-5-11-17-20;1-3-9-7-5-6-8-10(9)4-2/h3-17,21H,2,22H2,1H3;3,5-8H,1,4H2,2H3. The Morgan fingerprint density at radius 1 is 0.667 bits per heavy atom. The molecular formula is C31H35NO3Si. The van der Waals surface area contributed by atoms with E-state index < -0.39 is 8.80 Å². The average Bonchev–Trinajstić information content (AvgIpc) is 2.94. The molecule has 4 aromatic carbocycles. The summed E-state index contributed by atoms with van der Waals surface area (Å²) in [7, 11) is -3.34. The maximum Gasteiger partial charge on any atom is 0.717 e. The molecule has 0 saturated heterocycles. The fourth-order valence-corrected chi connectivity index (χ4v) is 6.03. The quantitative estimate of drug-likeness (QED) is 0.233. The monoisotopic (exact) mass is 497 g/mol. The van der Waals surface area contributed by atoms with Crippen LogP contribution in [0.1, 0.15) is 31.4 Å². The van der Waals surface area contributed by atoms with Crippen LogP contribution in [0.4, 0.5) is 0 Å². The maximum absolute atomic E-state index is 6.48. The van der Waals surface area contributed by atoms with Crippen molar-refractivity contribution in [1.82, 2.24) is 0 Å². The lowest BCUT2D eigenvalue weighted by molar-refractivity contribution is 0.243. The zero-order chi connectivity index (χ0) is 25.6. The third-order valence-electron chi connectivity index (χ3n) is 5.56. The Morgan fingerprint density at radius 3 is 1.39 bits per heavy atom. The Balaban J connectivity index is 0.000000303. The maximum atomic E-state index is 6.48. The molecule has 0 aliphatic heterocycles. The van der Waals surface area contributed by atoms with Crippen LogP contribution in [0.15, 0.2) is 122 Å². The second kappa shape index (κ2) is 13.9. The summed E-state index contributed by atoms with van der Waals surface area (Å²) >= 11 is 0. The largest absolute Gasteiger partial charge is 0.717 e. The Labute approximate surface area is 216 Å². The predicted octanol–water partition coefficient (Wildman–Crippen LogP) is 7.33. The molecule has 0 heterocycles. The Hall–Kier alpha value is -3.80. The first-order chi connectivity index (χ1) is 17.6. The molecule has 0 amide bonds. The molecule has 0 aliphatic carbocycles. The smallest absolute Gasteiger partial charge is 0.483 e. The van der Waals surface area contributed by atoms with Crippen molar-refractivity contribution in [1.29, 1.82) is 0 Å². The van der Waals surface area contributed by atoms with Crippen LogP contribution < -0.4 is 19.0 Å². The lowest BCUT2D eigenvalue weighted by atomic mass is 10.1. The summed E-state index contributed by atoms with van der Waals surface area (Å²) in [6, 6.07) is 36.9. The Morgan fingerprint density at radius 2 is 1.06 bits per heavy atom. The van der Waals surface area contributed by atoms with Crippen molar-refractivity contribution >= 4 is 14.9 Å². The average molecular weight is 498 g/mol. The molecule has 2 N–H and O–H groups in total. The van der Waals surface area contributed by atoms with Gasteiger partial charge in [-0.15, -0.1) is 0 Å². The highest BCUT2D eigenvalue weighted by molar-refractivity contribution is 6.64. The van der Waals surface area contributed by atoms with E-state index in [-0.39, 0.29) is 5.67 Å². The van der Waals surface area contributed by atoms with Gasteiger partial charge in [-0.3, -0.25) is 0 Å². The van der Waals surface area contributed by atoms with Gasteiger partial charge in [0.05, 0.1) is 0 Å². The summed E-state index contributed by atoms with van der Waals surface area (Å²) in [4.78, 5) is 0. The van der Waals surface area contributed by atoms with Gasteiger partial charge < -0.3 is 19.0 Å². The molecule has 0 bridgehead atoms. The summed E-state index contributed by atoms with van der Waals surface area (Å²) < 4.78 is 19.0. The molecule has 1 atom stereocenters. The molecule has 1 unspecified atom stereocenters. The van der Waals surface area contributed by atoms with Crippen molar-refractivity contribution in [2.24, 2.45) is 5.73 Å². The normalized spacial score (nSPS) is 11.4. The first-order valence-electron chi connectivity index (χ1n) is 12.3. The number of para-hydroxylation sites is 3. The molecule has 5 heteroatoms. The first kappa shape index (κ1) is 26.8. The highest BCUT2D eigenvalue weighted by atomic mass is 28.4. The van der Waals surface area contributed by atoms with Crippen molar-refractivity contribution in [2.45, 2.75) is 32.4 Å². The third-order valence-corrected chi connectivity index (χ3v) is 8.44. The van der Waals surface area contributed by atoms with Crippen molar-refractivity contribution in [3.8, 4) is 17.2 Å². The van der Waals surface area contributed by atoms with Gasteiger partial charge in [0.1, 0.15) is 22.9 Å². The van der Waals surface area contributed by atoms with E-state index in [1.54, 1.807) is 0 Å². The lowest BCUT2D eigenvalue weighted by Crippen LogP contribution is -2.67. The van der Waals surface area contributed by atoms with E-state index in [0.717, 1.165) is 6.42 Å². The van der Waals surface area contributed by atoms with E-state index in [4.69, 9.17) is 19.0 Å². The number of hydrogen-bond donors (Lipinski definition) is 1. The molecule has 0 radical (unpaired) electrons. The minimum Gasteiger partial charge on any atom is -0.483 e. The van der Waals surface area contributed by atoms with Crippen molar-refractivity contribution < 1.29 is 13.3 Å². The zero-order valence-electron chi connectivity index (χ0n) is 21.0. The molecule has 4 aromatic rings. The third kappa shape index (κ3) is 7.60. The van der Waals surface area contributed by atoms with Crippen LogP contribution in [-0.4, -0.2) is 14.5 Å². The summed E-state index contributed by atoms with van der Waals surface area (Å²) in [5, 5.41) is 0. The van der Waals surface area contributed by atoms with Gasteiger partial charge in [0.25, 0.3) is 0 Å². The number of hydrogen-bond acceptors (Lipinski definition) is 4. The number of benzene rings is 4. The molecule has 4 nitrogen and oxygen atoms in total. The topological polar surface area (TPSA) is 53.7 Å². The minimum atomic E-state index is -3.34. The summed E-state index contributed by atoms with van der Waals surface area (Å²) in [6.07, 6.45) is 3.65. The summed E-state index contributed by atoms with van der Waals surface area (Å²) in [6.45, 7) is 7.90. The first-order valence-corrected chi connectivity index (χ1v) is 14.1. The van der Waals surface area contributed by atoms with Gasteiger partial charge in [-0.05, 0) is 60.4 Å². The van der Waals surface area contributed by atoms with Crippen molar-refractivity contribution in [3.63, 3.8) is 0 Å². The van der Waals surface area contributed by atoms with Crippen LogP contribution >= 0.6 is 0 Å². The van der Waals surface area contributed by atoms with E-state index in [1.807, 2.05) is 110 Å². The minimum absolute atomic E-state index is 0.386. The van der Waals surface area contributed by atoms with Crippen molar-refractivity contribution in [3.05, 3.63) is 133 Å². The molecule has 4 rings (SSSR count). The van der Waals surface area contributed by atoms with Gasteiger partial charge in [0, 0.05) is 0 Å². The van der Waals surface area contributed by atoms with Gasteiger partial charge >= 0.3 is 8.80 Å². The van der Waals surface area contributed by atoms with Crippen LogP contribution in [0.3, 0.4) is 0 Å². The van der Waals surface area contributed by atoms with Gasteiger partial charge in [-0.1, -0.05) is 105 Å². The number of aryl methyl sites for hydroxylation is 1. The Bertz CT molecular complexity index is 1070. The molecule has 36 heavy (non-hydrogen) atoms. The van der Waals surface area contributed by atoms with Gasteiger partial charge in [-0.2, -0.15) is 0 Å². The molecule has 0 fully saturated rings. The SMILES string of the molecule is C=Cc1ccccc1CC.CCC(N)[Si](Oc1ccccc1)(Oc1ccccc1)Oc1ccccc1. The highest BCUT2D eigenvalue weighted by Crippen LogP contribution is 2.26. The fraction of sp³-hybridized carbons (Fsp3) is 0.161. The fourth-order valence-electron chi connectivity index (χ4n) is 3.55. The second-order valence-electron chi connectivity index (χ2n) is 8.12. The second-order valence-corrected chi connectivity index (χ2v) is 10.7. The van der Waals surface area contributed by atoms with E-state index in [2.05, 4.69) is 31.7 Å². The molecule has 0 aromatic heterocycles. The van der Waals surface area contributed by atoms with Gasteiger partial charge in [0.2, 0.25) is 0 Å². The molecule has 0 spiro atoms. The van der Waals surface area contributed by atoms with E-state index in [0.29, 0.717) is 23.7 Å². The predicted molar refractivity (Wildman–Crippen MR) is 151 cm³/mol. The lowest BCUT2D eigenvalue weighted by Gasteiger charge is -2.33. The van der Waals surface area contributed by atoms with E-state index >= 15 is 0 Å². The molecular weight excluding hydrogens is 462 g/mol. The molecule has 0 saturated carbocycles. The summed E-state index contributed by atoms with van der Waals surface area (Å²) in [5.74, 6) is 2.03. The van der Waals surface area contributed by atoms with Crippen LogP contribution in [0.5, 0.6) is 17.2 Å². The molecule has 0 aliphatic rings. The van der Waals surface area contributed by atoms with Gasteiger partial charge in [-0.25, -0.2) is 0 Å². The highest BCUT2D eigenvalue weighted by Gasteiger charge is 2.55. The van der Waals surface area contributed by atoms with Crippen LogP contribution in [0, 0.1) is 0 Å². The van der Waals surface area contributed by atoms with E-state index in [9.17, 15) is 0 Å². The summed E-state index contributed by atoms with van der Waals surface area (Å²) in [5.41, 5.74) is 8.72. The van der Waals surface area contributed by atoms with Crippen LogP contribution in [0.25, 0.3) is 6.08 Å². The van der Waals surface area contributed by atoms with Crippen LogP contribution in [0.2, 0.25) is 0 Å². The van der Waals surface area contributed by atoms with Crippen molar-refractivity contribution in [2.75, 3.05) is 0 Å². The van der Waals surface area contributed by atoms with E-state index in [1.165, 1.54) is 11.1 Å². The zero-order valence-corrected chi connectivity index (χ0v) is 22.0. The molecule has 186 valence electrons. The van der Waals surface area contributed by atoms with Crippen LogP contribution in [-0.2, 0) is 6.42 Å².